The van der Waals surface area contributed by atoms with Gasteiger partial charge in [-0.15, -0.1) is 0 Å². The van der Waals surface area contributed by atoms with Gasteiger partial charge in [0.1, 0.15) is 4.32 Å². The Kier molecular flexibility index (Phi) is 7.49. The number of carbonyl (C=O) groups excluding carboxylic acids is 2. The Hall–Kier alpha value is -1.18. The second kappa shape index (κ2) is 9.85. The second-order valence-corrected chi connectivity index (χ2v) is 9.48. The second-order valence-electron chi connectivity index (χ2n) is 6.89. The number of benzene rings is 1. The van der Waals surface area contributed by atoms with Gasteiger partial charge in [0.25, 0.3) is 5.91 Å². The number of nitrogens with zero attached hydrogens (tertiary/aromatic N) is 1. The quantitative estimate of drug-likeness (QED) is 0.479. The summed E-state index contributed by atoms with van der Waals surface area (Å²) in [5, 5.41) is 3.12. The molecule has 4 nitrogen and oxygen atoms in total. The van der Waals surface area contributed by atoms with E-state index in [9.17, 15) is 9.59 Å². The monoisotopic (exact) mass is 466 g/mol. The van der Waals surface area contributed by atoms with Crippen LogP contribution in [0.25, 0.3) is 6.08 Å². The summed E-state index contributed by atoms with van der Waals surface area (Å²) in [4.78, 5) is 27.0. The number of hydrogen-bond donors (Lipinski definition) is 1. The number of carbonyl (C=O) groups is 2. The number of hydrogen-bond acceptors (Lipinski definition) is 4. The molecule has 7 heteroatoms. The zero-order chi connectivity index (χ0) is 19.2. The molecule has 0 radical (unpaired) electrons. The summed E-state index contributed by atoms with van der Waals surface area (Å²) in [5.74, 6) is 0.0124. The zero-order valence-electron chi connectivity index (χ0n) is 15.1. The van der Waals surface area contributed by atoms with Gasteiger partial charge in [-0.3, -0.25) is 14.5 Å². The summed E-state index contributed by atoms with van der Waals surface area (Å²) < 4.78 is 1.56. The van der Waals surface area contributed by atoms with Gasteiger partial charge in [0, 0.05) is 23.5 Å². The molecule has 0 atom stereocenters. The molecule has 3 rings (SSSR count). The van der Waals surface area contributed by atoms with Crippen molar-refractivity contribution >= 4 is 62.1 Å². The molecule has 27 heavy (non-hydrogen) atoms. The third-order valence-corrected chi connectivity index (χ3v) is 6.70. The lowest BCUT2D eigenvalue weighted by Gasteiger charge is -2.23. The van der Waals surface area contributed by atoms with Crippen molar-refractivity contribution in [2.24, 2.45) is 0 Å². The first-order valence-electron chi connectivity index (χ1n) is 9.33. The van der Waals surface area contributed by atoms with Gasteiger partial charge in [-0.25, -0.2) is 0 Å². The summed E-state index contributed by atoms with van der Waals surface area (Å²) in [6.07, 6.45) is 8.76. The number of halogens is 1. The van der Waals surface area contributed by atoms with Gasteiger partial charge in [-0.2, -0.15) is 0 Å². The Morgan fingerprint density at radius 2 is 1.96 bits per heavy atom. The summed E-state index contributed by atoms with van der Waals surface area (Å²) in [5.41, 5.74) is 0.963. The van der Waals surface area contributed by atoms with Crippen LogP contribution in [-0.2, 0) is 9.59 Å². The molecule has 1 aromatic carbocycles. The van der Waals surface area contributed by atoms with Crippen molar-refractivity contribution in [1.82, 2.24) is 10.2 Å². The molecule has 144 valence electrons. The number of rotatable bonds is 6. The predicted octanol–water partition coefficient (Wildman–Crippen LogP) is 4.88. The van der Waals surface area contributed by atoms with E-state index in [-0.39, 0.29) is 11.8 Å². The minimum atomic E-state index is -0.0689. The standard InChI is InChI=1S/C20H23BrN2O2S2/c21-15-10-8-14(9-11-15)13-17-19(25)23(20(26)27-17)12-4-7-18(24)22-16-5-2-1-3-6-16/h8-11,13,16H,1-7,12H2,(H,22,24)/b17-13-. The minimum absolute atomic E-state index is 0.0689. The Labute approximate surface area is 178 Å². The number of thiocarbonyl (C=S) groups is 1. The Morgan fingerprint density at radius 3 is 2.67 bits per heavy atom. The highest BCUT2D eigenvalue weighted by Crippen LogP contribution is 2.32. The molecular weight excluding hydrogens is 444 g/mol. The van der Waals surface area contributed by atoms with Crippen LogP contribution in [0.4, 0.5) is 0 Å². The molecule has 1 heterocycles. The fourth-order valence-electron chi connectivity index (χ4n) is 3.35. The lowest BCUT2D eigenvalue weighted by molar-refractivity contribution is -0.124. The maximum Gasteiger partial charge on any atom is 0.266 e. The van der Waals surface area contributed by atoms with Crippen LogP contribution in [0, 0.1) is 0 Å². The van der Waals surface area contributed by atoms with Crippen LogP contribution in [0.15, 0.2) is 33.6 Å². The molecule has 0 unspecified atom stereocenters. The van der Waals surface area contributed by atoms with E-state index >= 15 is 0 Å². The van der Waals surface area contributed by atoms with Crippen LogP contribution < -0.4 is 5.32 Å². The largest absolute Gasteiger partial charge is 0.353 e. The molecule has 2 aliphatic rings. The van der Waals surface area contributed by atoms with Crippen molar-refractivity contribution in [3.63, 3.8) is 0 Å². The lowest BCUT2D eigenvalue weighted by Crippen LogP contribution is -2.36. The number of amides is 2. The number of thioether (sulfide) groups is 1. The topological polar surface area (TPSA) is 49.4 Å². The highest BCUT2D eigenvalue weighted by molar-refractivity contribution is 9.10. The minimum Gasteiger partial charge on any atom is -0.353 e. The molecule has 1 saturated heterocycles. The Bertz CT molecular complexity index is 743. The smallest absolute Gasteiger partial charge is 0.266 e. The molecular formula is C20H23BrN2O2S2. The lowest BCUT2D eigenvalue weighted by atomic mass is 9.95. The summed E-state index contributed by atoms with van der Waals surface area (Å²) >= 11 is 10.1. The molecule has 1 aliphatic carbocycles. The van der Waals surface area contributed by atoms with Gasteiger partial charge in [0.15, 0.2) is 0 Å². The molecule has 2 fully saturated rings. The van der Waals surface area contributed by atoms with Gasteiger partial charge in [-0.05, 0) is 43.0 Å². The first-order valence-corrected chi connectivity index (χ1v) is 11.3. The molecule has 1 aromatic rings. The van der Waals surface area contributed by atoms with Crippen molar-refractivity contribution < 1.29 is 9.59 Å². The van der Waals surface area contributed by atoms with E-state index in [1.54, 1.807) is 4.90 Å². The van der Waals surface area contributed by atoms with Crippen molar-refractivity contribution in [3.05, 3.63) is 39.2 Å². The van der Waals surface area contributed by atoms with E-state index in [0.29, 0.717) is 34.7 Å². The van der Waals surface area contributed by atoms with Gasteiger partial charge in [0.05, 0.1) is 4.91 Å². The normalized spacial score (nSPS) is 19.7. The Balaban J connectivity index is 1.48. The highest BCUT2D eigenvalue weighted by Gasteiger charge is 2.31. The van der Waals surface area contributed by atoms with Crippen LogP contribution in [-0.4, -0.2) is 33.6 Å². The SMILES string of the molecule is O=C(CCCN1C(=O)/C(=C/c2ccc(Br)cc2)SC1=S)NC1CCCCC1. The molecule has 0 aromatic heterocycles. The van der Waals surface area contributed by atoms with E-state index in [4.69, 9.17) is 12.2 Å². The predicted molar refractivity (Wildman–Crippen MR) is 118 cm³/mol. The molecule has 0 spiro atoms. The van der Waals surface area contributed by atoms with Gasteiger partial charge in [0.2, 0.25) is 5.91 Å². The third-order valence-electron chi connectivity index (χ3n) is 4.80. The van der Waals surface area contributed by atoms with E-state index in [1.165, 1.54) is 31.0 Å². The molecule has 0 bridgehead atoms. The van der Waals surface area contributed by atoms with Crippen molar-refractivity contribution in [2.45, 2.75) is 51.0 Å². The zero-order valence-corrected chi connectivity index (χ0v) is 18.3. The maximum absolute atomic E-state index is 12.6. The van der Waals surface area contributed by atoms with E-state index in [1.807, 2.05) is 30.3 Å². The molecule has 2 amide bonds. The number of nitrogens with one attached hydrogen (secondary N) is 1. The van der Waals surface area contributed by atoms with E-state index < -0.39 is 0 Å². The van der Waals surface area contributed by atoms with E-state index in [0.717, 1.165) is 22.9 Å². The molecule has 1 N–H and O–H groups in total. The average Bonchev–Trinajstić information content (AvgIpc) is 2.92. The summed E-state index contributed by atoms with van der Waals surface area (Å²) in [7, 11) is 0. The van der Waals surface area contributed by atoms with Gasteiger partial charge >= 0.3 is 0 Å². The summed E-state index contributed by atoms with van der Waals surface area (Å²) in [6.45, 7) is 0.487. The van der Waals surface area contributed by atoms with Crippen molar-refractivity contribution in [2.75, 3.05) is 6.54 Å². The van der Waals surface area contributed by atoms with Crippen LogP contribution in [0.5, 0.6) is 0 Å². The third kappa shape index (κ3) is 5.90. The van der Waals surface area contributed by atoms with Crippen LogP contribution in [0.2, 0.25) is 0 Å². The van der Waals surface area contributed by atoms with Crippen molar-refractivity contribution in [1.29, 1.82) is 0 Å². The first-order chi connectivity index (χ1) is 13.0. The molecule has 1 aliphatic heterocycles. The van der Waals surface area contributed by atoms with Crippen LogP contribution in [0.1, 0.15) is 50.5 Å². The van der Waals surface area contributed by atoms with Crippen LogP contribution >= 0.6 is 39.9 Å². The highest BCUT2D eigenvalue weighted by atomic mass is 79.9. The van der Waals surface area contributed by atoms with Crippen molar-refractivity contribution in [3.8, 4) is 0 Å². The summed E-state index contributed by atoms with van der Waals surface area (Å²) in [6, 6.07) is 8.12. The Morgan fingerprint density at radius 1 is 1.26 bits per heavy atom. The maximum atomic E-state index is 12.6. The van der Waals surface area contributed by atoms with E-state index in [2.05, 4.69) is 21.2 Å². The fourth-order valence-corrected chi connectivity index (χ4v) is 4.92. The first kappa shape index (κ1) is 20.6. The van der Waals surface area contributed by atoms with Gasteiger partial charge in [-0.1, -0.05) is 71.3 Å². The van der Waals surface area contributed by atoms with Crippen LogP contribution in [0.3, 0.4) is 0 Å². The average molecular weight is 467 g/mol. The molecule has 1 saturated carbocycles. The van der Waals surface area contributed by atoms with Gasteiger partial charge < -0.3 is 5.32 Å². The fraction of sp³-hybridized carbons (Fsp3) is 0.450.